The van der Waals surface area contributed by atoms with Gasteiger partial charge < -0.3 is 15.4 Å². The zero-order valence-electron chi connectivity index (χ0n) is 9.75. The van der Waals surface area contributed by atoms with E-state index < -0.39 is 0 Å². The number of rotatable bonds is 2. The molecule has 2 fully saturated rings. The minimum Gasteiger partial charge on any atom is -0.381 e. The average Bonchev–Trinajstić information content (AvgIpc) is 2.30. The molecule has 0 radical (unpaired) electrons. The molecule has 5 heteroatoms. The highest BCUT2D eigenvalue weighted by atomic mass is 32.2. The smallest absolute Gasteiger partial charge is 0.238 e. The summed E-state index contributed by atoms with van der Waals surface area (Å²) in [6, 6.07) is -0.0154. The van der Waals surface area contributed by atoms with Crippen molar-refractivity contribution in [3.63, 3.8) is 0 Å². The Balaban J connectivity index is 1.85. The second kappa shape index (κ2) is 5.38. The summed E-state index contributed by atoms with van der Waals surface area (Å²) in [6.45, 7) is 4.55. The van der Waals surface area contributed by atoms with Gasteiger partial charge in [-0.3, -0.25) is 4.79 Å². The van der Waals surface area contributed by atoms with Crippen LogP contribution in [0.4, 0.5) is 0 Å². The van der Waals surface area contributed by atoms with Gasteiger partial charge in [0.25, 0.3) is 0 Å². The van der Waals surface area contributed by atoms with Crippen LogP contribution in [-0.4, -0.2) is 48.8 Å². The second-order valence-electron chi connectivity index (χ2n) is 4.74. The van der Waals surface area contributed by atoms with Crippen LogP contribution >= 0.6 is 11.8 Å². The first-order valence-corrected chi connectivity index (χ1v) is 7.06. The van der Waals surface area contributed by atoms with Gasteiger partial charge in [-0.05, 0) is 19.8 Å². The largest absolute Gasteiger partial charge is 0.381 e. The van der Waals surface area contributed by atoms with Gasteiger partial charge in [0.2, 0.25) is 5.91 Å². The highest BCUT2D eigenvalue weighted by Gasteiger charge is 2.31. The number of nitrogens with one attached hydrogen (secondary N) is 2. The maximum atomic E-state index is 12.0. The van der Waals surface area contributed by atoms with Gasteiger partial charge in [0, 0.05) is 36.8 Å². The van der Waals surface area contributed by atoms with Crippen LogP contribution in [0.25, 0.3) is 0 Å². The van der Waals surface area contributed by atoms with Crippen LogP contribution in [-0.2, 0) is 9.53 Å². The zero-order chi connectivity index (χ0) is 11.4. The SMILES string of the molecule is CC1(NC(=O)C2CSCCN2)CCOCC1. The number of hydrogen-bond donors (Lipinski definition) is 2. The van der Waals surface area contributed by atoms with E-state index in [0.29, 0.717) is 0 Å². The summed E-state index contributed by atoms with van der Waals surface area (Å²) >= 11 is 1.84. The molecule has 0 aromatic heterocycles. The lowest BCUT2D eigenvalue weighted by Crippen LogP contribution is -2.57. The van der Waals surface area contributed by atoms with Crippen molar-refractivity contribution in [2.75, 3.05) is 31.3 Å². The minimum atomic E-state index is -0.0703. The summed E-state index contributed by atoms with van der Waals surface area (Å²) in [6.07, 6.45) is 1.83. The summed E-state index contributed by atoms with van der Waals surface area (Å²) in [7, 11) is 0. The predicted molar refractivity (Wildman–Crippen MR) is 65.7 cm³/mol. The molecule has 92 valence electrons. The van der Waals surface area contributed by atoms with Gasteiger partial charge >= 0.3 is 0 Å². The molecule has 16 heavy (non-hydrogen) atoms. The molecule has 2 N–H and O–H groups in total. The molecule has 4 nitrogen and oxygen atoms in total. The predicted octanol–water partition coefficient (Wildman–Crippen LogP) is 0.377. The van der Waals surface area contributed by atoms with Crippen LogP contribution in [0.15, 0.2) is 0 Å². The molecule has 1 amide bonds. The molecule has 0 aromatic rings. The van der Waals surface area contributed by atoms with Crippen LogP contribution in [0.3, 0.4) is 0 Å². The van der Waals surface area contributed by atoms with E-state index >= 15 is 0 Å². The Kier molecular flexibility index (Phi) is 4.10. The molecule has 0 saturated carbocycles. The number of hydrogen-bond acceptors (Lipinski definition) is 4. The average molecular weight is 244 g/mol. The van der Waals surface area contributed by atoms with Crippen LogP contribution in [0, 0.1) is 0 Å². The second-order valence-corrected chi connectivity index (χ2v) is 5.89. The van der Waals surface area contributed by atoms with Crippen LogP contribution in [0.1, 0.15) is 19.8 Å². The molecule has 0 spiro atoms. The number of amides is 1. The van der Waals surface area contributed by atoms with Crippen molar-refractivity contribution in [3.8, 4) is 0 Å². The van der Waals surface area contributed by atoms with Crippen LogP contribution in [0.5, 0.6) is 0 Å². The summed E-state index contributed by atoms with van der Waals surface area (Å²) < 4.78 is 5.32. The summed E-state index contributed by atoms with van der Waals surface area (Å²) in [5.74, 6) is 2.14. The Morgan fingerprint density at radius 2 is 2.25 bits per heavy atom. The molecule has 2 aliphatic heterocycles. The van der Waals surface area contributed by atoms with Crippen molar-refractivity contribution < 1.29 is 9.53 Å². The van der Waals surface area contributed by atoms with E-state index in [2.05, 4.69) is 17.6 Å². The molecule has 2 saturated heterocycles. The monoisotopic (exact) mass is 244 g/mol. The fraction of sp³-hybridized carbons (Fsp3) is 0.909. The Bertz CT molecular complexity index is 248. The molecule has 2 heterocycles. The van der Waals surface area contributed by atoms with Crippen molar-refractivity contribution in [2.45, 2.75) is 31.3 Å². The van der Waals surface area contributed by atoms with Crippen molar-refractivity contribution in [1.29, 1.82) is 0 Å². The van der Waals surface area contributed by atoms with Crippen LogP contribution < -0.4 is 10.6 Å². The standard InChI is InChI=1S/C11H20N2O2S/c1-11(2-5-15-6-3-11)13-10(14)9-8-16-7-4-12-9/h9,12H,2-8H2,1H3,(H,13,14). The molecule has 0 aromatic carbocycles. The van der Waals surface area contributed by atoms with E-state index in [1.54, 1.807) is 0 Å². The van der Waals surface area contributed by atoms with Gasteiger partial charge in [-0.15, -0.1) is 0 Å². The van der Waals surface area contributed by atoms with Gasteiger partial charge in [0.1, 0.15) is 0 Å². The molecule has 2 aliphatic rings. The van der Waals surface area contributed by atoms with E-state index in [4.69, 9.17) is 4.74 Å². The fourth-order valence-corrected chi connectivity index (χ4v) is 3.00. The highest BCUT2D eigenvalue weighted by Crippen LogP contribution is 2.20. The van der Waals surface area contributed by atoms with E-state index in [-0.39, 0.29) is 17.5 Å². The quantitative estimate of drug-likeness (QED) is 0.737. The first-order chi connectivity index (χ1) is 7.70. The lowest BCUT2D eigenvalue weighted by Gasteiger charge is -2.36. The van der Waals surface area contributed by atoms with Crippen molar-refractivity contribution >= 4 is 17.7 Å². The molecular formula is C11H20N2O2S. The van der Waals surface area contributed by atoms with Gasteiger partial charge in [-0.1, -0.05) is 0 Å². The molecule has 0 bridgehead atoms. The molecular weight excluding hydrogens is 224 g/mol. The molecule has 1 atom stereocenters. The first-order valence-electron chi connectivity index (χ1n) is 5.91. The van der Waals surface area contributed by atoms with Gasteiger partial charge in [-0.25, -0.2) is 0 Å². The van der Waals surface area contributed by atoms with E-state index in [9.17, 15) is 4.79 Å². The number of thioether (sulfide) groups is 1. The third-order valence-corrected chi connectivity index (χ3v) is 4.32. The van der Waals surface area contributed by atoms with Gasteiger partial charge in [0.15, 0.2) is 0 Å². The lowest BCUT2D eigenvalue weighted by atomic mass is 9.92. The van der Waals surface area contributed by atoms with Gasteiger partial charge in [-0.2, -0.15) is 11.8 Å². The Hall–Kier alpha value is -0.260. The van der Waals surface area contributed by atoms with E-state index in [1.807, 2.05) is 11.8 Å². The maximum Gasteiger partial charge on any atom is 0.238 e. The van der Waals surface area contributed by atoms with E-state index in [0.717, 1.165) is 44.1 Å². The Morgan fingerprint density at radius 3 is 2.88 bits per heavy atom. The third-order valence-electron chi connectivity index (χ3n) is 3.26. The summed E-state index contributed by atoms with van der Waals surface area (Å²) in [5.41, 5.74) is -0.0703. The summed E-state index contributed by atoms with van der Waals surface area (Å²) in [4.78, 5) is 12.0. The summed E-state index contributed by atoms with van der Waals surface area (Å²) in [5, 5.41) is 6.43. The number of ether oxygens (including phenoxy) is 1. The van der Waals surface area contributed by atoms with E-state index in [1.165, 1.54) is 0 Å². The topological polar surface area (TPSA) is 50.4 Å². The van der Waals surface area contributed by atoms with Crippen molar-refractivity contribution in [2.24, 2.45) is 0 Å². The van der Waals surface area contributed by atoms with Crippen LogP contribution in [0.2, 0.25) is 0 Å². The molecule has 0 aliphatic carbocycles. The fourth-order valence-electron chi connectivity index (χ4n) is 2.07. The van der Waals surface area contributed by atoms with Gasteiger partial charge in [0.05, 0.1) is 6.04 Å². The molecule has 2 rings (SSSR count). The Labute approximate surface area is 101 Å². The van der Waals surface area contributed by atoms with Crippen molar-refractivity contribution in [1.82, 2.24) is 10.6 Å². The maximum absolute atomic E-state index is 12.0. The zero-order valence-corrected chi connectivity index (χ0v) is 10.6. The highest BCUT2D eigenvalue weighted by molar-refractivity contribution is 7.99. The normalized spacial score (nSPS) is 29.7. The lowest BCUT2D eigenvalue weighted by molar-refractivity contribution is -0.125. The minimum absolute atomic E-state index is 0.0154. The number of carbonyl (C=O) groups is 1. The molecule has 1 unspecified atom stereocenters. The Morgan fingerprint density at radius 1 is 1.50 bits per heavy atom. The number of carbonyl (C=O) groups excluding carboxylic acids is 1. The van der Waals surface area contributed by atoms with Crippen molar-refractivity contribution in [3.05, 3.63) is 0 Å². The third kappa shape index (κ3) is 3.12. The first kappa shape index (κ1) is 12.2.